The molecule has 0 saturated heterocycles. The van der Waals surface area contributed by atoms with Gasteiger partial charge in [0.15, 0.2) is 0 Å². The Bertz CT molecular complexity index is 1060. The average Bonchev–Trinajstić information content (AvgIpc) is 3.23. The Morgan fingerprint density at radius 3 is 2.67 bits per heavy atom. The number of benzene rings is 2. The molecule has 2 aromatic carbocycles. The molecule has 0 spiro atoms. The largest absolute Gasteiger partial charge is 0.444 e. The van der Waals surface area contributed by atoms with Gasteiger partial charge in [-0.2, -0.15) is 8.78 Å². The Hall–Kier alpha value is -2.89. The Balaban J connectivity index is 1.77. The van der Waals surface area contributed by atoms with E-state index in [0.29, 0.717) is 6.42 Å². The van der Waals surface area contributed by atoms with Crippen LogP contribution in [-0.4, -0.2) is 24.3 Å². The maximum absolute atomic E-state index is 13.3. The van der Waals surface area contributed by atoms with E-state index < -0.39 is 18.3 Å². The molecule has 4 nitrogen and oxygen atoms in total. The lowest BCUT2D eigenvalue weighted by molar-refractivity contribution is -0.0506. The Morgan fingerprint density at radius 1 is 1.24 bits per heavy atom. The topological polar surface area (TPSA) is 47.6 Å². The number of carbonyl (C=O) groups is 1. The summed E-state index contributed by atoms with van der Waals surface area (Å²) in [5.74, 6) is 0.267. The number of alkyl halides is 2. The minimum atomic E-state index is -2.92. The van der Waals surface area contributed by atoms with E-state index in [-0.39, 0.29) is 29.5 Å². The van der Waals surface area contributed by atoms with Crippen molar-refractivity contribution in [2.24, 2.45) is 5.92 Å². The summed E-state index contributed by atoms with van der Waals surface area (Å²) >= 11 is 0. The fourth-order valence-corrected chi connectivity index (χ4v) is 5.58. The lowest BCUT2D eigenvalue weighted by Gasteiger charge is -2.25. The van der Waals surface area contributed by atoms with Crippen molar-refractivity contribution >= 4 is 12.2 Å². The fourth-order valence-electron chi connectivity index (χ4n) is 5.58. The molecule has 0 heterocycles. The third-order valence-electron chi connectivity index (χ3n) is 6.64. The number of fused-ring (bicyclic) bond motifs is 3. The summed E-state index contributed by atoms with van der Waals surface area (Å²) in [6, 6.07) is 11.4. The smallest absolute Gasteiger partial charge is 0.407 e. The first kappa shape index (κ1) is 23.3. The van der Waals surface area contributed by atoms with Crippen molar-refractivity contribution in [1.82, 2.24) is 5.32 Å². The van der Waals surface area contributed by atoms with Crippen LogP contribution in [0.3, 0.4) is 0 Å². The van der Waals surface area contributed by atoms with Gasteiger partial charge in [-0.25, -0.2) is 4.79 Å². The number of halogens is 2. The van der Waals surface area contributed by atoms with Crippen molar-refractivity contribution in [2.75, 3.05) is 0 Å². The molecular formula is C27H31F2NO3. The van der Waals surface area contributed by atoms with Crippen LogP contribution in [0.25, 0.3) is 6.08 Å². The van der Waals surface area contributed by atoms with Gasteiger partial charge < -0.3 is 14.8 Å². The Labute approximate surface area is 194 Å². The van der Waals surface area contributed by atoms with E-state index in [1.807, 2.05) is 26.8 Å². The number of nitrogens with one attached hydrogen (secondary N) is 1. The first-order valence-electron chi connectivity index (χ1n) is 11.4. The van der Waals surface area contributed by atoms with Gasteiger partial charge in [0.2, 0.25) is 0 Å². The van der Waals surface area contributed by atoms with Gasteiger partial charge in [0.05, 0.1) is 0 Å². The Kier molecular flexibility index (Phi) is 6.21. The molecule has 33 heavy (non-hydrogen) atoms. The number of rotatable bonds is 5. The van der Waals surface area contributed by atoms with E-state index in [1.54, 1.807) is 18.2 Å². The minimum absolute atomic E-state index is 0.0703. The second-order valence-electron chi connectivity index (χ2n) is 10.0. The van der Waals surface area contributed by atoms with Crippen LogP contribution in [0, 0.1) is 12.8 Å². The van der Waals surface area contributed by atoms with Crippen LogP contribution < -0.4 is 10.1 Å². The average molecular weight is 456 g/mol. The number of ether oxygens (including phenoxy) is 2. The lowest BCUT2D eigenvalue weighted by atomic mass is 9.81. The first-order valence-corrected chi connectivity index (χ1v) is 11.4. The number of amides is 1. The van der Waals surface area contributed by atoms with Crippen LogP contribution in [0.15, 0.2) is 43.0 Å². The summed E-state index contributed by atoms with van der Waals surface area (Å²) in [5.41, 5.74) is 4.51. The van der Waals surface area contributed by atoms with Gasteiger partial charge in [0.1, 0.15) is 11.4 Å². The summed E-state index contributed by atoms with van der Waals surface area (Å²) in [6.45, 7) is 8.52. The zero-order valence-corrected chi connectivity index (χ0v) is 19.5. The zero-order valence-electron chi connectivity index (χ0n) is 19.5. The predicted molar refractivity (Wildman–Crippen MR) is 125 cm³/mol. The maximum Gasteiger partial charge on any atom is 0.407 e. The number of hydrogen-bond acceptors (Lipinski definition) is 3. The zero-order chi connectivity index (χ0) is 23.9. The van der Waals surface area contributed by atoms with Crippen LogP contribution in [0.2, 0.25) is 0 Å². The van der Waals surface area contributed by atoms with Crippen LogP contribution >= 0.6 is 0 Å². The number of carbonyl (C=O) groups excluding carboxylic acids is 1. The molecule has 4 atom stereocenters. The monoisotopic (exact) mass is 455 g/mol. The SMILES string of the molecule is C=Cc1cccc(OC(F)F)c1C1CC(NC(=O)OC(C)(C)C)C2Cc3ccc(C)cc3C12. The van der Waals surface area contributed by atoms with E-state index in [4.69, 9.17) is 9.47 Å². The molecule has 4 unspecified atom stereocenters. The van der Waals surface area contributed by atoms with Crippen LogP contribution in [0.4, 0.5) is 13.6 Å². The number of alkyl carbamates (subject to hydrolysis) is 1. The highest BCUT2D eigenvalue weighted by molar-refractivity contribution is 5.69. The molecule has 0 bridgehead atoms. The van der Waals surface area contributed by atoms with Gasteiger partial charge in [-0.3, -0.25) is 0 Å². The lowest BCUT2D eigenvalue weighted by Crippen LogP contribution is -2.41. The van der Waals surface area contributed by atoms with Gasteiger partial charge in [-0.05, 0) is 81.0 Å². The molecule has 0 aromatic heterocycles. The fraction of sp³-hybridized carbons (Fsp3) is 0.444. The van der Waals surface area contributed by atoms with Gasteiger partial charge >= 0.3 is 12.7 Å². The van der Waals surface area contributed by atoms with Crippen LogP contribution in [0.1, 0.15) is 66.8 Å². The highest BCUT2D eigenvalue weighted by Crippen LogP contribution is 2.57. The summed E-state index contributed by atoms with van der Waals surface area (Å²) in [5, 5.41) is 3.08. The third kappa shape index (κ3) is 4.75. The van der Waals surface area contributed by atoms with Crippen molar-refractivity contribution in [3.63, 3.8) is 0 Å². The van der Waals surface area contributed by atoms with Crippen molar-refractivity contribution in [1.29, 1.82) is 0 Å². The Morgan fingerprint density at radius 2 is 2.00 bits per heavy atom. The highest BCUT2D eigenvalue weighted by Gasteiger charge is 2.50. The standard InChI is InChI=1S/C27H31F2NO3/c1-6-16-8-7-9-22(32-25(28)29)23(16)20-14-21(30-26(31)33-27(3,4)5)19-13-17-11-10-15(2)12-18(17)24(19)20/h6-12,19-21,24-25H,1,13-14H2,2-5H3,(H,30,31). The molecule has 2 aliphatic rings. The molecule has 2 aromatic rings. The predicted octanol–water partition coefficient (Wildman–Crippen LogP) is 6.58. The van der Waals surface area contributed by atoms with Crippen LogP contribution in [0.5, 0.6) is 5.75 Å². The van der Waals surface area contributed by atoms with E-state index in [2.05, 4.69) is 37.0 Å². The molecule has 176 valence electrons. The van der Waals surface area contributed by atoms with E-state index in [0.717, 1.165) is 23.1 Å². The third-order valence-corrected chi connectivity index (χ3v) is 6.64. The number of hydrogen-bond donors (Lipinski definition) is 1. The quantitative estimate of drug-likeness (QED) is 0.554. The summed E-state index contributed by atoms with van der Waals surface area (Å²) in [6.07, 6.45) is 2.65. The minimum Gasteiger partial charge on any atom is -0.444 e. The molecule has 2 aliphatic carbocycles. The van der Waals surface area contributed by atoms with E-state index in [1.165, 1.54) is 11.1 Å². The molecular weight excluding hydrogens is 424 g/mol. The van der Waals surface area contributed by atoms with Gasteiger partial charge in [-0.1, -0.05) is 48.6 Å². The van der Waals surface area contributed by atoms with Crippen molar-refractivity contribution in [2.45, 2.75) is 70.6 Å². The van der Waals surface area contributed by atoms with Gasteiger partial charge in [-0.15, -0.1) is 0 Å². The van der Waals surface area contributed by atoms with E-state index >= 15 is 0 Å². The van der Waals surface area contributed by atoms with Crippen molar-refractivity contribution < 1.29 is 23.0 Å². The normalized spacial score (nSPS) is 23.7. The summed E-state index contributed by atoms with van der Waals surface area (Å²) in [7, 11) is 0. The number of aryl methyl sites for hydroxylation is 1. The molecule has 6 heteroatoms. The molecule has 1 saturated carbocycles. The molecule has 1 fully saturated rings. The van der Waals surface area contributed by atoms with Crippen LogP contribution in [-0.2, 0) is 11.2 Å². The highest BCUT2D eigenvalue weighted by atomic mass is 19.3. The summed E-state index contributed by atoms with van der Waals surface area (Å²) in [4.78, 5) is 12.6. The first-order chi connectivity index (χ1) is 15.6. The second kappa shape index (κ2) is 8.81. The van der Waals surface area contributed by atoms with E-state index in [9.17, 15) is 13.6 Å². The summed E-state index contributed by atoms with van der Waals surface area (Å²) < 4.78 is 37.0. The molecule has 4 rings (SSSR count). The molecule has 1 amide bonds. The van der Waals surface area contributed by atoms with Crippen molar-refractivity contribution in [3.05, 3.63) is 70.8 Å². The van der Waals surface area contributed by atoms with Crippen molar-refractivity contribution in [3.8, 4) is 5.75 Å². The second-order valence-corrected chi connectivity index (χ2v) is 10.0. The van der Waals surface area contributed by atoms with Gasteiger partial charge in [0, 0.05) is 11.6 Å². The molecule has 0 radical (unpaired) electrons. The molecule has 0 aliphatic heterocycles. The van der Waals surface area contributed by atoms with Gasteiger partial charge in [0.25, 0.3) is 0 Å². The maximum atomic E-state index is 13.3. The molecule has 1 N–H and O–H groups in total.